The van der Waals surface area contributed by atoms with Gasteiger partial charge in [-0.1, -0.05) is 30.0 Å². The van der Waals surface area contributed by atoms with Crippen LogP contribution in [0.15, 0.2) is 56.7 Å². The second kappa shape index (κ2) is 7.57. The van der Waals surface area contributed by atoms with E-state index in [1.165, 1.54) is 11.8 Å². The number of thioether (sulfide) groups is 1. The van der Waals surface area contributed by atoms with Crippen molar-refractivity contribution in [3.63, 3.8) is 0 Å². The first-order valence-corrected chi connectivity index (χ1v) is 8.89. The molecule has 0 aliphatic carbocycles. The van der Waals surface area contributed by atoms with Crippen LogP contribution >= 0.6 is 11.8 Å². The second-order valence-electron chi connectivity index (χ2n) is 5.44. The number of para-hydroxylation sites is 1. The zero-order chi connectivity index (χ0) is 17.8. The molecule has 1 unspecified atom stereocenters. The third kappa shape index (κ3) is 3.76. The van der Waals surface area contributed by atoms with Gasteiger partial charge in [-0.25, -0.2) is 0 Å². The van der Waals surface area contributed by atoms with Gasteiger partial charge in [0.05, 0.1) is 17.1 Å². The summed E-state index contributed by atoms with van der Waals surface area (Å²) in [7, 11) is 0. The van der Waals surface area contributed by atoms with E-state index in [9.17, 15) is 4.79 Å². The highest BCUT2D eigenvalue weighted by molar-refractivity contribution is 8.00. The molecule has 0 radical (unpaired) electrons. The molecular formula is C18H19N3O3S. The summed E-state index contributed by atoms with van der Waals surface area (Å²) in [6.45, 7) is 6.22. The van der Waals surface area contributed by atoms with E-state index in [1.807, 2.05) is 51.1 Å². The van der Waals surface area contributed by atoms with Crippen molar-refractivity contribution in [2.45, 2.75) is 31.2 Å². The van der Waals surface area contributed by atoms with Gasteiger partial charge in [0.25, 0.3) is 11.1 Å². The Kier molecular flexibility index (Phi) is 5.23. The zero-order valence-electron chi connectivity index (χ0n) is 14.3. The molecule has 3 rings (SSSR count). The second-order valence-corrected chi connectivity index (χ2v) is 6.73. The number of carbonyl (C=O) groups is 1. The highest BCUT2D eigenvalue weighted by Crippen LogP contribution is 2.29. The molecule has 0 aliphatic heterocycles. The van der Waals surface area contributed by atoms with Gasteiger partial charge >= 0.3 is 0 Å². The molecule has 1 amide bonds. The summed E-state index contributed by atoms with van der Waals surface area (Å²) in [4.78, 5) is 14.5. The first-order valence-electron chi connectivity index (χ1n) is 8.01. The van der Waals surface area contributed by atoms with Crippen molar-refractivity contribution in [1.82, 2.24) is 10.2 Å². The Bertz CT molecular complexity index is 844. The molecule has 0 spiro atoms. The van der Waals surface area contributed by atoms with E-state index in [4.69, 9.17) is 8.83 Å². The third-order valence-electron chi connectivity index (χ3n) is 3.77. The number of furan rings is 1. The van der Waals surface area contributed by atoms with E-state index in [2.05, 4.69) is 10.2 Å². The van der Waals surface area contributed by atoms with Crippen LogP contribution in [-0.4, -0.2) is 27.9 Å². The number of benzene rings is 1. The van der Waals surface area contributed by atoms with Crippen molar-refractivity contribution in [2.24, 2.45) is 0 Å². The predicted molar refractivity (Wildman–Crippen MR) is 96.5 cm³/mol. The Morgan fingerprint density at radius 3 is 2.64 bits per heavy atom. The maximum atomic E-state index is 12.8. The number of aryl methyl sites for hydroxylation is 1. The number of hydrogen-bond acceptors (Lipinski definition) is 6. The van der Waals surface area contributed by atoms with E-state index in [1.54, 1.807) is 17.2 Å². The molecule has 2 aromatic heterocycles. The Morgan fingerprint density at radius 1 is 1.24 bits per heavy atom. The first kappa shape index (κ1) is 17.3. The van der Waals surface area contributed by atoms with Crippen LogP contribution in [0.1, 0.15) is 19.6 Å². The minimum Gasteiger partial charge on any atom is -0.469 e. The molecule has 0 aliphatic rings. The van der Waals surface area contributed by atoms with Crippen molar-refractivity contribution < 1.29 is 13.6 Å². The van der Waals surface area contributed by atoms with Crippen LogP contribution < -0.4 is 4.90 Å². The third-order valence-corrected chi connectivity index (χ3v) is 4.69. The van der Waals surface area contributed by atoms with E-state index in [-0.39, 0.29) is 11.2 Å². The van der Waals surface area contributed by atoms with Crippen LogP contribution in [-0.2, 0) is 4.79 Å². The SMILES string of the molecule is CCN(C(=O)C(C)Sc1nnc(-c2ccoc2C)o1)c1ccccc1. The molecule has 0 saturated carbocycles. The summed E-state index contributed by atoms with van der Waals surface area (Å²) in [5.41, 5.74) is 1.64. The molecule has 25 heavy (non-hydrogen) atoms. The van der Waals surface area contributed by atoms with Gasteiger partial charge < -0.3 is 13.7 Å². The predicted octanol–water partition coefficient (Wildman–Crippen LogP) is 4.17. The molecule has 0 fully saturated rings. The Balaban J connectivity index is 1.71. The van der Waals surface area contributed by atoms with Crippen LogP contribution in [0.25, 0.3) is 11.5 Å². The number of hydrogen-bond donors (Lipinski definition) is 0. The Morgan fingerprint density at radius 2 is 2.00 bits per heavy atom. The van der Waals surface area contributed by atoms with Gasteiger partial charge in [-0.2, -0.15) is 0 Å². The van der Waals surface area contributed by atoms with Gasteiger partial charge in [-0.3, -0.25) is 4.79 Å². The number of anilines is 1. The molecule has 0 saturated heterocycles. The maximum Gasteiger partial charge on any atom is 0.277 e. The van der Waals surface area contributed by atoms with E-state index in [0.29, 0.717) is 23.4 Å². The van der Waals surface area contributed by atoms with E-state index >= 15 is 0 Å². The minimum atomic E-state index is -0.348. The molecule has 0 bridgehead atoms. The molecule has 7 heteroatoms. The standard InChI is InChI=1S/C18H19N3O3S/c1-4-21(14-8-6-5-7-9-14)17(22)13(3)25-18-20-19-16(24-18)15-10-11-23-12(15)2/h5-11,13H,4H2,1-3H3. The lowest BCUT2D eigenvalue weighted by molar-refractivity contribution is -0.117. The quantitative estimate of drug-likeness (QED) is 0.617. The average Bonchev–Trinajstić information content (AvgIpc) is 3.25. The topological polar surface area (TPSA) is 72.4 Å². The van der Waals surface area contributed by atoms with Crippen LogP contribution in [0.2, 0.25) is 0 Å². The number of amides is 1. The summed E-state index contributed by atoms with van der Waals surface area (Å²) in [5, 5.41) is 8.07. The number of carbonyl (C=O) groups excluding carboxylic acids is 1. The highest BCUT2D eigenvalue weighted by atomic mass is 32.2. The van der Waals surface area contributed by atoms with Crippen LogP contribution in [0.5, 0.6) is 0 Å². The number of nitrogens with zero attached hydrogens (tertiary/aromatic N) is 3. The Labute approximate surface area is 150 Å². The van der Waals surface area contributed by atoms with Crippen molar-refractivity contribution in [1.29, 1.82) is 0 Å². The van der Waals surface area contributed by atoms with Gasteiger partial charge in [-0.15, -0.1) is 10.2 Å². The molecule has 2 heterocycles. The highest BCUT2D eigenvalue weighted by Gasteiger charge is 2.24. The first-order chi connectivity index (χ1) is 12.1. The smallest absolute Gasteiger partial charge is 0.277 e. The molecule has 3 aromatic rings. The van der Waals surface area contributed by atoms with Crippen LogP contribution in [0.3, 0.4) is 0 Å². The summed E-state index contributed by atoms with van der Waals surface area (Å²) < 4.78 is 10.9. The van der Waals surface area contributed by atoms with Crippen molar-refractivity contribution in [3.05, 3.63) is 48.4 Å². The van der Waals surface area contributed by atoms with Gasteiger partial charge in [0, 0.05) is 12.2 Å². The van der Waals surface area contributed by atoms with Crippen molar-refractivity contribution in [2.75, 3.05) is 11.4 Å². The van der Waals surface area contributed by atoms with Crippen molar-refractivity contribution in [3.8, 4) is 11.5 Å². The average molecular weight is 357 g/mol. The number of rotatable bonds is 6. The molecule has 1 aromatic carbocycles. The largest absolute Gasteiger partial charge is 0.469 e. The van der Waals surface area contributed by atoms with Gasteiger partial charge in [0.2, 0.25) is 5.91 Å². The molecule has 0 N–H and O–H groups in total. The lowest BCUT2D eigenvalue weighted by atomic mass is 10.2. The van der Waals surface area contributed by atoms with E-state index < -0.39 is 0 Å². The molecule has 130 valence electrons. The minimum absolute atomic E-state index is 0.00191. The molecule has 1 atom stereocenters. The fourth-order valence-corrected chi connectivity index (χ4v) is 3.21. The summed E-state index contributed by atoms with van der Waals surface area (Å²) in [6, 6.07) is 11.4. The lowest BCUT2D eigenvalue weighted by Crippen LogP contribution is -2.36. The summed E-state index contributed by atoms with van der Waals surface area (Å²) >= 11 is 1.25. The van der Waals surface area contributed by atoms with Gasteiger partial charge in [-0.05, 0) is 39.0 Å². The normalized spacial score (nSPS) is 12.1. The molecular weight excluding hydrogens is 338 g/mol. The van der Waals surface area contributed by atoms with E-state index in [0.717, 1.165) is 11.3 Å². The summed E-state index contributed by atoms with van der Waals surface area (Å²) in [6.07, 6.45) is 1.58. The number of aromatic nitrogens is 2. The van der Waals surface area contributed by atoms with Crippen LogP contribution in [0, 0.1) is 6.92 Å². The molecule has 6 nitrogen and oxygen atoms in total. The van der Waals surface area contributed by atoms with Gasteiger partial charge in [0.15, 0.2) is 0 Å². The monoisotopic (exact) mass is 357 g/mol. The fraction of sp³-hybridized carbons (Fsp3) is 0.278. The van der Waals surface area contributed by atoms with Gasteiger partial charge in [0.1, 0.15) is 5.76 Å². The summed E-state index contributed by atoms with van der Waals surface area (Å²) in [5.74, 6) is 1.10. The zero-order valence-corrected chi connectivity index (χ0v) is 15.1. The van der Waals surface area contributed by atoms with Crippen LogP contribution in [0.4, 0.5) is 5.69 Å². The maximum absolute atomic E-state index is 12.8. The lowest BCUT2D eigenvalue weighted by Gasteiger charge is -2.23. The van der Waals surface area contributed by atoms with Crippen molar-refractivity contribution >= 4 is 23.4 Å². The Hall–Kier alpha value is -2.54. The fourth-order valence-electron chi connectivity index (χ4n) is 2.47.